The van der Waals surface area contributed by atoms with E-state index in [1.165, 1.54) is 19.2 Å². The van der Waals surface area contributed by atoms with Gasteiger partial charge in [-0.15, -0.1) is 11.3 Å². The number of nitrogens with zero attached hydrogens (tertiary/aromatic N) is 1. The maximum Gasteiger partial charge on any atom is 0.262 e. The highest BCUT2D eigenvalue weighted by Crippen LogP contribution is 2.26. The van der Waals surface area contributed by atoms with Gasteiger partial charge in [0.15, 0.2) is 0 Å². The topological polar surface area (TPSA) is 87.7 Å². The van der Waals surface area contributed by atoms with E-state index in [9.17, 15) is 13.2 Å². The van der Waals surface area contributed by atoms with Gasteiger partial charge in [0.2, 0.25) is 0 Å². The summed E-state index contributed by atoms with van der Waals surface area (Å²) in [6, 6.07) is 16.7. The Bertz CT molecular complexity index is 1130. The Labute approximate surface area is 186 Å². The normalized spacial score (nSPS) is 12.4. The average molecular weight is 460 g/mol. The minimum atomic E-state index is -3.90. The molecule has 2 aromatic carbocycles. The van der Waals surface area contributed by atoms with Gasteiger partial charge in [-0.2, -0.15) is 0 Å². The molecule has 0 aliphatic carbocycles. The molecule has 0 aliphatic heterocycles. The second-order valence-corrected chi connectivity index (χ2v) is 9.70. The Morgan fingerprint density at radius 1 is 1.10 bits per heavy atom. The van der Waals surface area contributed by atoms with Gasteiger partial charge >= 0.3 is 0 Å². The monoisotopic (exact) mass is 459 g/mol. The number of amides is 1. The summed E-state index contributed by atoms with van der Waals surface area (Å²) in [6.07, 6.45) is 0. The number of hydrogen-bond acceptors (Lipinski definition) is 6. The molecule has 0 saturated heterocycles. The first-order valence-electron chi connectivity index (χ1n) is 9.56. The van der Waals surface area contributed by atoms with Gasteiger partial charge in [-0.25, -0.2) is 8.42 Å². The van der Waals surface area contributed by atoms with Crippen LogP contribution in [0, 0.1) is 0 Å². The van der Waals surface area contributed by atoms with Gasteiger partial charge in [-0.3, -0.25) is 9.52 Å². The maximum absolute atomic E-state index is 12.9. The minimum absolute atomic E-state index is 0.00604. The van der Waals surface area contributed by atoms with Crippen molar-refractivity contribution in [2.24, 2.45) is 0 Å². The third kappa shape index (κ3) is 5.63. The number of sulfonamides is 1. The molecule has 0 unspecified atom stereocenters. The molecule has 0 saturated carbocycles. The van der Waals surface area contributed by atoms with E-state index in [0.29, 0.717) is 18.0 Å². The molecule has 0 bridgehead atoms. The van der Waals surface area contributed by atoms with E-state index in [1.54, 1.807) is 47.7 Å². The standard InChI is InChI=1S/C22H25N3O4S2/c1-25(2)19(21-12-7-13-30-21)15-23-22(26)16-8-6-9-17(14-16)31(27,28)24-18-10-4-5-11-20(18)29-3/h4-14,19,24H,15H2,1-3H3,(H,23,26)/t19-/m1/s1. The van der Waals surface area contributed by atoms with Crippen LogP contribution in [0.5, 0.6) is 5.75 Å². The molecule has 1 amide bonds. The first-order valence-corrected chi connectivity index (χ1v) is 11.9. The Balaban J connectivity index is 1.75. The van der Waals surface area contributed by atoms with Crippen LogP contribution in [-0.2, 0) is 10.0 Å². The predicted molar refractivity (Wildman–Crippen MR) is 123 cm³/mol. The van der Waals surface area contributed by atoms with E-state index in [1.807, 2.05) is 36.5 Å². The Hall–Kier alpha value is -2.88. The molecular weight excluding hydrogens is 434 g/mol. The number of benzene rings is 2. The molecule has 1 aromatic heterocycles. The highest BCUT2D eigenvalue weighted by Gasteiger charge is 2.20. The molecule has 3 aromatic rings. The number of hydrogen-bond donors (Lipinski definition) is 2. The maximum atomic E-state index is 12.9. The van der Waals surface area contributed by atoms with E-state index < -0.39 is 10.0 Å². The zero-order valence-electron chi connectivity index (χ0n) is 17.5. The van der Waals surface area contributed by atoms with Crippen molar-refractivity contribution in [3.8, 4) is 5.75 Å². The highest BCUT2D eigenvalue weighted by molar-refractivity contribution is 7.92. The largest absolute Gasteiger partial charge is 0.495 e. The van der Waals surface area contributed by atoms with Crippen LogP contribution in [0.2, 0.25) is 0 Å². The molecule has 2 N–H and O–H groups in total. The molecule has 3 rings (SSSR count). The van der Waals surface area contributed by atoms with Gasteiger partial charge < -0.3 is 15.0 Å². The number of rotatable bonds is 9. The van der Waals surface area contributed by atoms with Crippen molar-refractivity contribution < 1.29 is 17.9 Å². The van der Waals surface area contributed by atoms with Crippen LogP contribution in [0.25, 0.3) is 0 Å². The molecule has 1 atom stereocenters. The lowest BCUT2D eigenvalue weighted by atomic mass is 10.2. The fourth-order valence-electron chi connectivity index (χ4n) is 3.05. The van der Waals surface area contributed by atoms with Crippen molar-refractivity contribution in [1.29, 1.82) is 0 Å². The van der Waals surface area contributed by atoms with Crippen LogP contribution in [0.4, 0.5) is 5.69 Å². The molecule has 164 valence electrons. The molecule has 1 heterocycles. The second-order valence-electron chi connectivity index (χ2n) is 7.04. The molecule has 0 fully saturated rings. The third-order valence-electron chi connectivity index (χ3n) is 4.71. The van der Waals surface area contributed by atoms with Gasteiger partial charge in [0, 0.05) is 17.0 Å². The number of methoxy groups -OCH3 is 1. The summed E-state index contributed by atoms with van der Waals surface area (Å²) < 4.78 is 33.4. The van der Waals surface area contributed by atoms with Crippen molar-refractivity contribution in [1.82, 2.24) is 10.2 Å². The molecule has 7 nitrogen and oxygen atoms in total. The summed E-state index contributed by atoms with van der Waals surface area (Å²) in [5.74, 6) is 0.0704. The Kier molecular flexibility index (Phi) is 7.32. The fraction of sp³-hybridized carbons (Fsp3) is 0.227. The van der Waals surface area contributed by atoms with Gasteiger partial charge in [-0.1, -0.05) is 24.3 Å². The van der Waals surface area contributed by atoms with Crippen molar-refractivity contribution in [3.05, 3.63) is 76.5 Å². The number of ether oxygens (including phenoxy) is 1. The van der Waals surface area contributed by atoms with Crippen LogP contribution >= 0.6 is 11.3 Å². The number of likely N-dealkylation sites (N-methyl/N-ethyl adjacent to an activating group) is 1. The highest BCUT2D eigenvalue weighted by atomic mass is 32.2. The fourth-order valence-corrected chi connectivity index (χ4v) is 5.09. The van der Waals surface area contributed by atoms with Crippen molar-refractivity contribution in [2.75, 3.05) is 32.5 Å². The Morgan fingerprint density at radius 2 is 1.87 bits per heavy atom. The molecule has 0 spiro atoms. The van der Waals surface area contributed by atoms with E-state index >= 15 is 0 Å². The SMILES string of the molecule is COc1ccccc1NS(=O)(=O)c1cccc(C(=O)NC[C@H](c2cccs2)N(C)C)c1. The van der Waals surface area contributed by atoms with Crippen molar-refractivity contribution in [2.45, 2.75) is 10.9 Å². The summed E-state index contributed by atoms with van der Waals surface area (Å²) in [5.41, 5.74) is 0.594. The first kappa shape index (κ1) is 22.8. The van der Waals surface area contributed by atoms with Gasteiger partial charge in [0.1, 0.15) is 5.75 Å². The van der Waals surface area contributed by atoms with E-state index in [4.69, 9.17) is 4.74 Å². The smallest absolute Gasteiger partial charge is 0.262 e. The molecule has 31 heavy (non-hydrogen) atoms. The number of para-hydroxylation sites is 2. The lowest BCUT2D eigenvalue weighted by Crippen LogP contribution is -2.34. The molecule has 9 heteroatoms. The van der Waals surface area contributed by atoms with Crippen LogP contribution in [0.15, 0.2) is 70.9 Å². The summed E-state index contributed by atoms with van der Waals surface area (Å²) in [5, 5.41) is 4.90. The van der Waals surface area contributed by atoms with Gasteiger partial charge in [0.05, 0.1) is 23.7 Å². The van der Waals surface area contributed by atoms with Gasteiger partial charge in [-0.05, 0) is 55.9 Å². The average Bonchev–Trinajstić information content (AvgIpc) is 3.28. The lowest BCUT2D eigenvalue weighted by molar-refractivity contribution is 0.0942. The van der Waals surface area contributed by atoms with Crippen molar-refractivity contribution in [3.63, 3.8) is 0 Å². The number of thiophene rings is 1. The molecule has 0 radical (unpaired) electrons. The number of nitrogens with one attached hydrogen (secondary N) is 2. The zero-order chi connectivity index (χ0) is 22.4. The van der Waals surface area contributed by atoms with Crippen LogP contribution in [0.1, 0.15) is 21.3 Å². The van der Waals surface area contributed by atoms with Gasteiger partial charge in [0.25, 0.3) is 15.9 Å². The molecular formula is C22H25N3O4S2. The quantitative estimate of drug-likeness (QED) is 0.511. The summed E-state index contributed by atoms with van der Waals surface area (Å²) in [6.45, 7) is 0.406. The lowest BCUT2D eigenvalue weighted by Gasteiger charge is -2.23. The van der Waals surface area contributed by atoms with E-state index in [0.717, 1.165) is 4.88 Å². The minimum Gasteiger partial charge on any atom is -0.495 e. The zero-order valence-corrected chi connectivity index (χ0v) is 19.2. The first-order chi connectivity index (χ1) is 14.8. The number of carbonyl (C=O) groups excluding carboxylic acids is 1. The van der Waals surface area contributed by atoms with Crippen molar-refractivity contribution >= 4 is 33.0 Å². The van der Waals surface area contributed by atoms with E-state index in [-0.39, 0.29) is 22.4 Å². The summed E-state index contributed by atoms with van der Waals surface area (Å²) in [4.78, 5) is 15.9. The predicted octanol–water partition coefficient (Wildman–Crippen LogP) is 3.59. The van der Waals surface area contributed by atoms with Crippen LogP contribution in [0.3, 0.4) is 0 Å². The second kappa shape index (κ2) is 9.95. The van der Waals surface area contributed by atoms with Crippen LogP contribution < -0.4 is 14.8 Å². The molecule has 0 aliphatic rings. The van der Waals surface area contributed by atoms with Crippen LogP contribution in [-0.4, -0.2) is 47.0 Å². The van der Waals surface area contributed by atoms with E-state index in [2.05, 4.69) is 10.0 Å². The number of carbonyl (C=O) groups is 1. The number of anilines is 1. The Morgan fingerprint density at radius 3 is 2.55 bits per heavy atom. The third-order valence-corrected chi connectivity index (χ3v) is 7.05. The summed E-state index contributed by atoms with van der Waals surface area (Å²) in [7, 11) is 1.47. The summed E-state index contributed by atoms with van der Waals surface area (Å²) >= 11 is 1.63.